The van der Waals surface area contributed by atoms with Crippen molar-refractivity contribution >= 4 is 17.6 Å². The maximum absolute atomic E-state index is 11.8. The van der Waals surface area contributed by atoms with Gasteiger partial charge in [0.15, 0.2) is 0 Å². The minimum absolute atomic E-state index is 0.0596. The zero-order valence-electron chi connectivity index (χ0n) is 10.4. The second-order valence-corrected chi connectivity index (χ2v) is 4.34. The van der Waals surface area contributed by atoms with E-state index in [2.05, 4.69) is 6.58 Å². The highest BCUT2D eigenvalue weighted by molar-refractivity contribution is 5.99. The van der Waals surface area contributed by atoms with Crippen LogP contribution in [0.2, 0.25) is 0 Å². The highest BCUT2D eigenvalue weighted by Gasteiger charge is 2.34. The second kappa shape index (κ2) is 5.56. The highest BCUT2D eigenvalue weighted by Crippen LogP contribution is 2.26. The monoisotopic (exact) mass is 261 g/mol. The van der Waals surface area contributed by atoms with Gasteiger partial charge in [-0.15, -0.1) is 0 Å². The Morgan fingerprint density at radius 2 is 2.16 bits per heavy atom. The Bertz CT molecular complexity index is 495. The molecule has 5 heteroatoms. The summed E-state index contributed by atoms with van der Waals surface area (Å²) < 4.78 is 5.34. The van der Waals surface area contributed by atoms with Crippen LogP contribution < -0.4 is 9.64 Å². The average molecular weight is 261 g/mol. The fourth-order valence-corrected chi connectivity index (χ4v) is 2.00. The number of aliphatic carboxylic acids is 1. The van der Waals surface area contributed by atoms with Gasteiger partial charge in [0.2, 0.25) is 5.91 Å². The van der Waals surface area contributed by atoms with E-state index in [1.54, 1.807) is 30.3 Å². The first-order valence-corrected chi connectivity index (χ1v) is 5.98. The lowest BCUT2D eigenvalue weighted by molar-refractivity contribution is -0.141. The summed E-state index contributed by atoms with van der Waals surface area (Å²) in [4.78, 5) is 24.1. The molecule has 5 nitrogen and oxygen atoms in total. The summed E-state index contributed by atoms with van der Waals surface area (Å²) in [6, 6.07) is 7.00. The largest absolute Gasteiger partial charge is 0.490 e. The molecule has 0 bridgehead atoms. The van der Waals surface area contributed by atoms with Crippen molar-refractivity contribution in [2.24, 2.45) is 5.92 Å². The summed E-state index contributed by atoms with van der Waals surface area (Å²) >= 11 is 0. The molecule has 0 aromatic heterocycles. The van der Waals surface area contributed by atoms with Gasteiger partial charge in [-0.2, -0.15) is 0 Å². The van der Waals surface area contributed by atoms with Crippen LogP contribution in [-0.4, -0.2) is 30.1 Å². The number of hydrogen-bond acceptors (Lipinski definition) is 3. The third kappa shape index (κ3) is 2.93. The summed E-state index contributed by atoms with van der Waals surface area (Å²) in [5.41, 5.74) is 0.694. The SMILES string of the molecule is C=CCOc1ccc(N2C[C@@H](C(=O)O)CC2=O)cc1. The van der Waals surface area contributed by atoms with E-state index < -0.39 is 11.9 Å². The molecule has 0 saturated carbocycles. The van der Waals surface area contributed by atoms with E-state index in [4.69, 9.17) is 9.84 Å². The summed E-state index contributed by atoms with van der Waals surface area (Å²) in [7, 11) is 0. The van der Waals surface area contributed by atoms with Gasteiger partial charge in [-0.3, -0.25) is 9.59 Å². The van der Waals surface area contributed by atoms with Crippen LogP contribution in [0.15, 0.2) is 36.9 Å². The van der Waals surface area contributed by atoms with E-state index in [9.17, 15) is 9.59 Å². The number of amides is 1. The van der Waals surface area contributed by atoms with Crippen LogP contribution in [-0.2, 0) is 9.59 Å². The molecule has 2 rings (SSSR count). The number of anilines is 1. The molecule has 1 aliphatic rings. The molecule has 1 saturated heterocycles. The van der Waals surface area contributed by atoms with Crippen molar-refractivity contribution in [2.75, 3.05) is 18.1 Å². The maximum atomic E-state index is 11.8. The van der Waals surface area contributed by atoms with Crippen molar-refractivity contribution in [3.05, 3.63) is 36.9 Å². The zero-order valence-corrected chi connectivity index (χ0v) is 10.4. The van der Waals surface area contributed by atoms with Gasteiger partial charge < -0.3 is 14.7 Å². The molecule has 1 aromatic rings. The molecule has 1 aliphatic heterocycles. The minimum Gasteiger partial charge on any atom is -0.490 e. The van der Waals surface area contributed by atoms with Crippen molar-refractivity contribution in [1.29, 1.82) is 0 Å². The minimum atomic E-state index is -0.929. The molecule has 1 atom stereocenters. The number of ether oxygens (including phenoxy) is 1. The van der Waals surface area contributed by atoms with Crippen LogP contribution in [0.4, 0.5) is 5.69 Å². The normalized spacial score (nSPS) is 18.4. The molecule has 0 aliphatic carbocycles. The Kier molecular flexibility index (Phi) is 3.85. The molecule has 1 aromatic carbocycles. The smallest absolute Gasteiger partial charge is 0.308 e. The summed E-state index contributed by atoms with van der Waals surface area (Å²) in [6.45, 7) is 4.20. The van der Waals surface area contributed by atoms with Gasteiger partial charge in [0.1, 0.15) is 12.4 Å². The Morgan fingerprint density at radius 3 is 2.68 bits per heavy atom. The molecule has 0 spiro atoms. The van der Waals surface area contributed by atoms with E-state index in [1.807, 2.05) is 0 Å². The quantitative estimate of drug-likeness (QED) is 0.819. The van der Waals surface area contributed by atoms with E-state index in [1.165, 1.54) is 4.90 Å². The number of carbonyl (C=O) groups is 2. The van der Waals surface area contributed by atoms with Gasteiger partial charge in [-0.1, -0.05) is 12.7 Å². The zero-order chi connectivity index (χ0) is 13.8. The van der Waals surface area contributed by atoms with Crippen molar-refractivity contribution < 1.29 is 19.4 Å². The second-order valence-electron chi connectivity index (χ2n) is 4.34. The third-order valence-electron chi connectivity index (χ3n) is 2.99. The summed E-state index contributed by atoms with van der Waals surface area (Å²) in [5, 5.41) is 8.93. The molecule has 100 valence electrons. The molecule has 1 heterocycles. The van der Waals surface area contributed by atoms with Crippen molar-refractivity contribution in [2.45, 2.75) is 6.42 Å². The standard InChI is InChI=1S/C14H15NO4/c1-2-7-19-12-5-3-11(4-6-12)15-9-10(14(17)18)8-13(15)16/h2-6,10H,1,7-9H2,(H,17,18)/t10-/m0/s1. The number of nitrogens with zero attached hydrogens (tertiary/aromatic N) is 1. The first-order valence-electron chi connectivity index (χ1n) is 5.98. The van der Waals surface area contributed by atoms with Gasteiger partial charge in [0.05, 0.1) is 5.92 Å². The van der Waals surface area contributed by atoms with E-state index in [0.717, 1.165) is 0 Å². The van der Waals surface area contributed by atoms with Gasteiger partial charge in [0.25, 0.3) is 0 Å². The van der Waals surface area contributed by atoms with Crippen LogP contribution in [0.25, 0.3) is 0 Å². The molecule has 1 fully saturated rings. The van der Waals surface area contributed by atoms with Gasteiger partial charge >= 0.3 is 5.97 Å². The lowest BCUT2D eigenvalue weighted by atomic mass is 10.1. The number of carboxylic acids is 1. The first-order chi connectivity index (χ1) is 9.11. The van der Waals surface area contributed by atoms with Crippen LogP contribution in [0.3, 0.4) is 0 Å². The van der Waals surface area contributed by atoms with E-state index in [-0.39, 0.29) is 18.9 Å². The van der Waals surface area contributed by atoms with Crippen molar-refractivity contribution in [1.82, 2.24) is 0 Å². The molecule has 0 radical (unpaired) electrons. The maximum Gasteiger partial charge on any atom is 0.308 e. The van der Waals surface area contributed by atoms with Gasteiger partial charge in [0, 0.05) is 18.7 Å². The Morgan fingerprint density at radius 1 is 1.47 bits per heavy atom. The first kappa shape index (κ1) is 13.1. The topological polar surface area (TPSA) is 66.8 Å². The van der Waals surface area contributed by atoms with Crippen LogP contribution in [0, 0.1) is 5.92 Å². The number of carboxylic acid groups (broad SMARTS) is 1. The van der Waals surface area contributed by atoms with Crippen LogP contribution in [0.1, 0.15) is 6.42 Å². The fourth-order valence-electron chi connectivity index (χ4n) is 2.00. The molecule has 19 heavy (non-hydrogen) atoms. The lowest BCUT2D eigenvalue weighted by Crippen LogP contribution is -2.25. The van der Waals surface area contributed by atoms with Crippen molar-refractivity contribution in [3.8, 4) is 5.75 Å². The lowest BCUT2D eigenvalue weighted by Gasteiger charge is -2.16. The number of benzene rings is 1. The molecule has 0 unspecified atom stereocenters. The highest BCUT2D eigenvalue weighted by atomic mass is 16.5. The summed E-state index contributed by atoms with van der Waals surface area (Å²) in [6.07, 6.45) is 1.71. The summed E-state index contributed by atoms with van der Waals surface area (Å²) in [5.74, 6) is -1.02. The number of carbonyl (C=O) groups excluding carboxylic acids is 1. The number of hydrogen-bond donors (Lipinski definition) is 1. The third-order valence-corrected chi connectivity index (χ3v) is 2.99. The predicted octanol–water partition coefficient (Wildman–Crippen LogP) is 1.69. The van der Waals surface area contributed by atoms with E-state index in [0.29, 0.717) is 18.0 Å². The van der Waals surface area contributed by atoms with Crippen molar-refractivity contribution in [3.63, 3.8) is 0 Å². The molecule has 1 N–H and O–H groups in total. The molecular formula is C14H15NO4. The van der Waals surface area contributed by atoms with Crippen LogP contribution >= 0.6 is 0 Å². The Hall–Kier alpha value is -2.30. The molecular weight excluding hydrogens is 246 g/mol. The fraction of sp³-hybridized carbons (Fsp3) is 0.286. The number of rotatable bonds is 5. The van der Waals surface area contributed by atoms with Crippen LogP contribution in [0.5, 0.6) is 5.75 Å². The Balaban J connectivity index is 2.08. The predicted molar refractivity (Wildman–Crippen MR) is 70.2 cm³/mol. The Labute approximate surface area is 111 Å². The van der Waals surface area contributed by atoms with Gasteiger partial charge in [-0.25, -0.2) is 0 Å². The molecule has 1 amide bonds. The van der Waals surface area contributed by atoms with Gasteiger partial charge in [-0.05, 0) is 24.3 Å². The average Bonchev–Trinajstić information content (AvgIpc) is 2.79. The van der Waals surface area contributed by atoms with E-state index >= 15 is 0 Å².